The Kier molecular flexibility index (Phi) is 6.29. The number of aliphatic hydroxyl groups excluding tert-OH is 1. The van der Waals surface area contributed by atoms with E-state index in [9.17, 15) is 14.3 Å². The normalized spacial score (nSPS) is 20.2. The second-order valence-corrected chi connectivity index (χ2v) is 8.26. The maximum absolute atomic E-state index is 13.9. The lowest BCUT2D eigenvalue weighted by Gasteiger charge is -2.40. The van der Waals surface area contributed by atoms with Gasteiger partial charge < -0.3 is 14.7 Å². The van der Waals surface area contributed by atoms with E-state index in [2.05, 4.69) is 4.90 Å². The van der Waals surface area contributed by atoms with E-state index in [1.807, 2.05) is 34.6 Å². The average molecular weight is 366 g/mol. The molecule has 2 atom stereocenters. The van der Waals surface area contributed by atoms with Crippen LogP contribution in [-0.2, 0) is 4.74 Å². The number of rotatable bonds is 3. The van der Waals surface area contributed by atoms with Gasteiger partial charge in [-0.3, -0.25) is 4.90 Å². The summed E-state index contributed by atoms with van der Waals surface area (Å²) in [5.74, 6) is -0.298. The molecule has 0 radical (unpaired) electrons. The molecular formula is C20H31FN2O3. The highest BCUT2D eigenvalue weighted by molar-refractivity contribution is 5.68. The van der Waals surface area contributed by atoms with E-state index in [1.165, 1.54) is 6.07 Å². The summed E-state index contributed by atoms with van der Waals surface area (Å²) in [5, 5.41) is 10.6. The third-order valence-electron chi connectivity index (χ3n) is 4.68. The molecule has 0 saturated carbocycles. The monoisotopic (exact) mass is 366 g/mol. The van der Waals surface area contributed by atoms with Crippen LogP contribution in [0, 0.1) is 19.7 Å². The average Bonchev–Trinajstić information content (AvgIpc) is 2.49. The van der Waals surface area contributed by atoms with Crippen LogP contribution >= 0.6 is 0 Å². The zero-order valence-corrected chi connectivity index (χ0v) is 16.7. The number of nitrogens with zero attached hydrogens (tertiary/aromatic N) is 2. The largest absolute Gasteiger partial charge is 0.444 e. The molecule has 6 heteroatoms. The Balaban J connectivity index is 1.97. The summed E-state index contributed by atoms with van der Waals surface area (Å²) < 4.78 is 19.3. The Morgan fingerprint density at radius 3 is 2.54 bits per heavy atom. The molecule has 1 N–H and O–H groups in total. The van der Waals surface area contributed by atoms with Crippen LogP contribution in [0.3, 0.4) is 0 Å². The van der Waals surface area contributed by atoms with Gasteiger partial charge in [-0.1, -0.05) is 6.07 Å². The van der Waals surface area contributed by atoms with Crippen LogP contribution in [0.2, 0.25) is 0 Å². The number of aryl methyl sites for hydroxylation is 2. The fourth-order valence-electron chi connectivity index (χ4n) is 3.33. The predicted octanol–water partition coefficient (Wildman–Crippen LogP) is 3.42. The quantitative estimate of drug-likeness (QED) is 0.891. The molecule has 1 saturated heterocycles. The molecule has 1 fully saturated rings. The fraction of sp³-hybridized carbons (Fsp3) is 0.650. The molecule has 1 aliphatic heterocycles. The van der Waals surface area contributed by atoms with Gasteiger partial charge in [-0.05, 0) is 64.3 Å². The third-order valence-corrected chi connectivity index (χ3v) is 4.68. The number of carbonyl (C=O) groups excluding carboxylic acids is 1. The summed E-state index contributed by atoms with van der Waals surface area (Å²) in [6, 6.07) is 3.17. The van der Waals surface area contributed by atoms with Crippen LogP contribution in [0.4, 0.5) is 9.18 Å². The highest BCUT2D eigenvalue weighted by Crippen LogP contribution is 2.23. The van der Waals surface area contributed by atoms with Crippen molar-refractivity contribution in [2.45, 2.75) is 59.3 Å². The van der Waals surface area contributed by atoms with Crippen molar-refractivity contribution >= 4 is 6.09 Å². The summed E-state index contributed by atoms with van der Waals surface area (Å²) in [5.41, 5.74) is 1.57. The standard InChI is InChI=1S/C20H31FN2O3/c1-13-9-14(2)17(21)10-16(13)18(24)12-22-7-8-23(15(3)11-22)19(25)26-20(4,5)6/h9-10,15,18,24H,7-8,11-12H2,1-6H3/t15-,18?/m1/s1. The Labute approximate surface area is 155 Å². The van der Waals surface area contributed by atoms with Crippen LogP contribution in [0.15, 0.2) is 12.1 Å². The molecule has 0 spiro atoms. The highest BCUT2D eigenvalue weighted by Gasteiger charge is 2.31. The van der Waals surface area contributed by atoms with Gasteiger partial charge in [0.25, 0.3) is 0 Å². The number of benzene rings is 1. The van der Waals surface area contributed by atoms with E-state index in [0.717, 1.165) is 5.56 Å². The first-order valence-electron chi connectivity index (χ1n) is 9.14. The maximum Gasteiger partial charge on any atom is 0.410 e. The summed E-state index contributed by atoms with van der Waals surface area (Å²) in [6.07, 6.45) is -1.06. The minimum Gasteiger partial charge on any atom is -0.444 e. The molecule has 146 valence electrons. The predicted molar refractivity (Wildman–Crippen MR) is 99.7 cm³/mol. The lowest BCUT2D eigenvalue weighted by molar-refractivity contribution is -0.00425. The van der Waals surface area contributed by atoms with Crippen LogP contribution in [0.25, 0.3) is 0 Å². The molecular weight excluding hydrogens is 335 g/mol. The molecule has 1 amide bonds. The van der Waals surface area contributed by atoms with E-state index >= 15 is 0 Å². The van der Waals surface area contributed by atoms with Gasteiger partial charge in [-0.2, -0.15) is 0 Å². The van der Waals surface area contributed by atoms with Gasteiger partial charge in [0.2, 0.25) is 0 Å². The van der Waals surface area contributed by atoms with Crippen LogP contribution in [0.1, 0.15) is 50.5 Å². The summed E-state index contributed by atoms with van der Waals surface area (Å²) >= 11 is 0. The Morgan fingerprint density at radius 1 is 1.31 bits per heavy atom. The van der Waals surface area contributed by atoms with E-state index in [1.54, 1.807) is 17.9 Å². The number of hydrogen-bond donors (Lipinski definition) is 1. The van der Waals surface area contributed by atoms with Gasteiger partial charge in [0.05, 0.1) is 6.10 Å². The van der Waals surface area contributed by atoms with Crippen molar-refractivity contribution in [1.29, 1.82) is 0 Å². The van der Waals surface area contributed by atoms with Crippen molar-refractivity contribution < 1.29 is 19.0 Å². The van der Waals surface area contributed by atoms with Gasteiger partial charge in [0, 0.05) is 32.2 Å². The molecule has 0 aliphatic carbocycles. The molecule has 1 aliphatic rings. The first-order valence-corrected chi connectivity index (χ1v) is 9.14. The first kappa shape index (κ1) is 20.6. The Bertz CT molecular complexity index is 657. The minimum absolute atomic E-state index is 0.0124. The zero-order chi connectivity index (χ0) is 19.6. The SMILES string of the molecule is Cc1cc(C)c(C(O)CN2CCN(C(=O)OC(C)(C)C)[C@H](C)C2)cc1F. The molecule has 26 heavy (non-hydrogen) atoms. The summed E-state index contributed by atoms with van der Waals surface area (Å²) in [6.45, 7) is 13.4. The Hall–Kier alpha value is -1.66. The van der Waals surface area contributed by atoms with E-state index in [4.69, 9.17) is 4.74 Å². The molecule has 0 bridgehead atoms. The first-order chi connectivity index (χ1) is 12.0. The number of piperazine rings is 1. The highest BCUT2D eigenvalue weighted by atomic mass is 19.1. The molecule has 0 aromatic heterocycles. The number of amides is 1. The second kappa shape index (κ2) is 7.92. The third kappa shape index (κ3) is 5.17. The van der Waals surface area contributed by atoms with Crippen LogP contribution < -0.4 is 0 Å². The number of β-amino-alcohol motifs (C(OH)–C–C–N with tert-alkyl or cyclic N) is 1. The number of ether oxygens (including phenoxy) is 1. The topological polar surface area (TPSA) is 53.0 Å². The van der Waals surface area contributed by atoms with Crippen molar-refractivity contribution in [1.82, 2.24) is 9.80 Å². The van der Waals surface area contributed by atoms with Crippen molar-refractivity contribution in [3.8, 4) is 0 Å². The van der Waals surface area contributed by atoms with Gasteiger partial charge >= 0.3 is 6.09 Å². The molecule has 2 rings (SSSR count). The van der Waals surface area contributed by atoms with Crippen LogP contribution in [-0.4, -0.2) is 58.8 Å². The van der Waals surface area contributed by atoms with Crippen molar-refractivity contribution in [2.24, 2.45) is 0 Å². The van der Waals surface area contributed by atoms with Gasteiger partial charge in [0.1, 0.15) is 11.4 Å². The Morgan fingerprint density at radius 2 is 1.96 bits per heavy atom. The molecule has 1 heterocycles. The smallest absolute Gasteiger partial charge is 0.410 e. The maximum atomic E-state index is 13.9. The fourth-order valence-corrected chi connectivity index (χ4v) is 3.33. The van der Waals surface area contributed by atoms with Crippen molar-refractivity contribution in [3.63, 3.8) is 0 Å². The van der Waals surface area contributed by atoms with Crippen molar-refractivity contribution in [3.05, 3.63) is 34.6 Å². The van der Waals surface area contributed by atoms with E-state index in [0.29, 0.717) is 37.3 Å². The second-order valence-electron chi connectivity index (χ2n) is 8.26. The number of halogens is 1. The number of carbonyl (C=O) groups is 1. The summed E-state index contributed by atoms with van der Waals surface area (Å²) in [4.78, 5) is 16.1. The van der Waals surface area contributed by atoms with E-state index < -0.39 is 11.7 Å². The van der Waals surface area contributed by atoms with Crippen molar-refractivity contribution in [2.75, 3.05) is 26.2 Å². The lowest BCUT2D eigenvalue weighted by Crippen LogP contribution is -2.55. The lowest BCUT2D eigenvalue weighted by atomic mass is 10.00. The molecule has 1 unspecified atom stereocenters. The minimum atomic E-state index is -0.759. The van der Waals surface area contributed by atoms with Crippen LogP contribution in [0.5, 0.6) is 0 Å². The molecule has 1 aromatic rings. The zero-order valence-electron chi connectivity index (χ0n) is 16.7. The number of aliphatic hydroxyl groups is 1. The summed E-state index contributed by atoms with van der Waals surface area (Å²) in [7, 11) is 0. The number of hydrogen-bond acceptors (Lipinski definition) is 4. The van der Waals surface area contributed by atoms with Gasteiger partial charge in [-0.15, -0.1) is 0 Å². The molecule has 5 nitrogen and oxygen atoms in total. The van der Waals surface area contributed by atoms with Gasteiger partial charge in [-0.25, -0.2) is 9.18 Å². The van der Waals surface area contributed by atoms with E-state index in [-0.39, 0.29) is 18.0 Å². The van der Waals surface area contributed by atoms with Gasteiger partial charge in [0.15, 0.2) is 0 Å². The molecule has 1 aromatic carbocycles.